The van der Waals surface area contributed by atoms with Crippen molar-refractivity contribution in [2.45, 2.75) is 13.8 Å². The number of anilines is 1. The molecule has 0 saturated carbocycles. The van der Waals surface area contributed by atoms with Crippen molar-refractivity contribution >= 4 is 22.8 Å². The zero-order valence-electron chi connectivity index (χ0n) is 17.8. The second kappa shape index (κ2) is 7.87. The molecule has 0 spiro atoms. The average Bonchev–Trinajstić information content (AvgIpc) is 3.20. The highest BCUT2D eigenvalue weighted by molar-refractivity contribution is 6.02. The standard InChI is InChI=1S/C25H25N5O/c1-18-7-6-10-21(15-18)30-16-22(20-8-4-3-5-9-20)23-24(26-17-27-25(23)30)29-13-11-28(12-14-29)19(2)31/h3-10,15-17H,11-14H2,1-2H3. The number of hydrogen-bond donors (Lipinski definition) is 0. The number of carbonyl (C=O) groups excluding carboxylic acids is 1. The predicted octanol–water partition coefficient (Wildman–Crippen LogP) is 4.06. The summed E-state index contributed by atoms with van der Waals surface area (Å²) in [4.78, 5) is 25.3. The summed E-state index contributed by atoms with van der Waals surface area (Å²) in [6, 6.07) is 18.8. The van der Waals surface area contributed by atoms with E-state index in [1.165, 1.54) is 5.56 Å². The lowest BCUT2D eigenvalue weighted by Gasteiger charge is -2.35. The van der Waals surface area contributed by atoms with Crippen LogP contribution in [0.25, 0.3) is 27.8 Å². The van der Waals surface area contributed by atoms with Gasteiger partial charge in [-0.05, 0) is 30.2 Å². The lowest BCUT2D eigenvalue weighted by molar-refractivity contribution is -0.129. The van der Waals surface area contributed by atoms with Gasteiger partial charge in [0.05, 0.1) is 5.39 Å². The molecule has 0 atom stereocenters. The molecule has 1 fully saturated rings. The first-order valence-electron chi connectivity index (χ1n) is 10.6. The zero-order valence-corrected chi connectivity index (χ0v) is 17.8. The molecule has 1 aliphatic heterocycles. The Morgan fingerprint density at radius 2 is 1.71 bits per heavy atom. The molecule has 1 amide bonds. The Bertz CT molecular complexity index is 1240. The Balaban J connectivity index is 1.68. The molecule has 1 aliphatic rings. The van der Waals surface area contributed by atoms with E-state index in [2.05, 4.69) is 71.1 Å². The smallest absolute Gasteiger partial charge is 0.219 e. The van der Waals surface area contributed by atoms with Gasteiger partial charge in [0, 0.05) is 50.6 Å². The van der Waals surface area contributed by atoms with Crippen LogP contribution in [0.5, 0.6) is 0 Å². The molecule has 3 heterocycles. The number of hydrogen-bond acceptors (Lipinski definition) is 4. The first kappa shape index (κ1) is 19.3. The number of aromatic nitrogens is 3. The summed E-state index contributed by atoms with van der Waals surface area (Å²) in [6.45, 7) is 6.67. The van der Waals surface area contributed by atoms with Crippen LogP contribution in [0.2, 0.25) is 0 Å². The van der Waals surface area contributed by atoms with E-state index in [9.17, 15) is 4.79 Å². The number of carbonyl (C=O) groups is 1. The molecule has 156 valence electrons. The summed E-state index contributed by atoms with van der Waals surface area (Å²) >= 11 is 0. The molecule has 0 bridgehead atoms. The molecular formula is C25H25N5O. The van der Waals surface area contributed by atoms with Crippen LogP contribution in [0.3, 0.4) is 0 Å². The Morgan fingerprint density at radius 1 is 0.935 bits per heavy atom. The van der Waals surface area contributed by atoms with E-state index < -0.39 is 0 Å². The van der Waals surface area contributed by atoms with Crippen molar-refractivity contribution in [3.05, 3.63) is 72.7 Å². The predicted molar refractivity (Wildman–Crippen MR) is 124 cm³/mol. The van der Waals surface area contributed by atoms with Crippen molar-refractivity contribution in [3.63, 3.8) is 0 Å². The number of benzene rings is 2. The molecule has 2 aromatic carbocycles. The number of aryl methyl sites for hydroxylation is 1. The topological polar surface area (TPSA) is 54.3 Å². The average molecular weight is 412 g/mol. The van der Waals surface area contributed by atoms with Crippen molar-refractivity contribution in [1.82, 2.24) is 19.4 Å². The third kappa shape index (κ3) is 3.54. The van der Waals surface area contributed by atoms with Gasteiger partial charge in [0.2, 0.25) is 5.91 Å². The van der Waals surface area contributed by atoms with Crippen molar-refractivity contribution in [3.8, 4) is 16.8 Å². The molecule has 4 aromatic rings. The zero-order chi connectivity index (χ0) is 21.4. The summed E-state index contributed by atoms with van der Waals surface area (Å²) in [6.07, 6.45) is 3.81. The number of fused-ring (bicyclic) bond motifs is 1. The second-order valence-electron chi connectivity index (χ2n) is 8.01. The lowest BCUT2D eigenvalue weighted by Crippen LogP contribution is -2.48. The maximum atomic E-state index is 11.8. The van der Waals surface area contributed by atoms with Crippen molar-refractivity contribution < 1.29 is 4.79 Å². The van der Waals surface area contributed by atoms with Crippen LogP contribution in [0.15, 0.2) is 67.1 Å². The Hall–Kier alpha value is -3.67. The molecule has 0 unspecified atom stereocenters. The fraction of sp³-hybridized carbons (Fsp3) is 0.240. The fourth-order valence-corrected chi connectivity index (χ4v) is 4.33. The van der Waals surface area contributed by atoms with E-state index >= 15 is 0 Å². The van der Waals surface area contributed by atoms with Gasteiger partial charge in [0.15, 0.2) is 5.65 Å². The molecular weight excluding hydrogens is 386 g/mol. The highest BCUT2D eigenvalue weighted by atomic mass is 16.2. The van der Waals surface area contributed by atoms with Crippen molar-refractivity contribution in [1.29, 1.82) is 0 Å². The van der Waals surface area contributed by atoms with Crippen molar-refractivity contribution in [2.75, 3.05) is 31.1 Å². The van der Waals surface area contributed by atoms with Gasteiger partial charge in [0.1, 0.15) is 12.1 Å². The molecule has 6 nitrogen and oxygen atoms in total. The first-order chi connectivity index (χ1) is 15.1. The van der Waals surface area contributed by atoms with Crippen LogP contribution in [-0.2, 0) is 4.79 Å². The SMILES string of the molecule is CC(=O)N1CCN(c2ncnc3c2c(-c2ccccc2)cn3-c2cccc(C)c2)CC1. The van der Waals surface area contributed by atoms with E-state index in [4.69, 9.17) is 9.97 Å². The highest BCUT2D eigenvalue weighted by Crippen LogP contribution is 2.37. The molecule has 1 saturated heterocycles. The molecule has 0 radical (unpaired) electrons. The van der Waals surface area contributed by atoms with Gasteiger partial charge >= 0.3 is 0 Å². The Morgan fingerprint density at radius 3 is 2.42 bits per heavy atom. The first-order valence-corrected chi connectivity index (χ1v) is 10.6. The van der Waals surface area contributed by atoms with Gasteiger partial charge in [-0.25, -0.2) is 9.97 Å². The van der Waals surface area contributed by atoms with Gasteiger partial charge < -0.3 is 14.4 Å². The summed E-state index contributed by atoms with van der Waals surface area (Å²) in [5.74, 6) is 1.06. The largest absolute Gasteiger partial charge is 0.352 e. The van der Waals surface area contributed by atoms with Gasteiger partial charge in [0.25, 0.3) is 0 Å². The molecule has 2 aromatic heterocycles. The van der Waals surface area contributed by atoms with Gasteiger partial charge in [-0.2, -0.15) is 0 Å². The van der Waals surface area contributed by atoms with Gasteiger partial charge in [-0.3, -0.25) is 4.79 Å². The summed E-state index contributed by atoms with van der Waals surface area (Å²) in [5, 5.41) is 1.05. The number of piperazine rings is 1. The Kier molecular flexibility index (Phi) is 4.90. The van der Waals surface area contributed by atoms with Crippen LogP contribution in [0.4, 0.5) is 5.82 Å². The number of rotatable bonds is 3. The van der Waals surface area contributed by atoms with E-state index in [1.54, 1.807) is 13.3 Å². The van der Waals surface area contributed by atoms with Crippen LogP contribution in [-0.4, -0.2) is 51.5 Å². The van der Waals surface area contributed by atoms with Gasteiger partial charge in [-0.15, -0.1) is 0 Å². The van der Waals surface area contributed by atoms with Gasteiger partial charge in [-0.1, -0.05) is 42.5 Å². The third-order valence-electron chi connectivity index (χ3n) is 5.95. The van der Waals surface area contributed by atoms with Crippen LogP contribution in [0, 0.1) is 6.92 Å². The van der Waals surface area contributed by atoms with E-state index in [1.807, 2.05) is 11.0 Å². The summed E-state index contributed by atoms with van der Waals surface area (Å²) < 4.78 is 2.15. The third-order valence-corrected chi connectivity index (χ3v) is 5.95. The maximum absolute atomic E-state index is 11.8. The van der Waals surface area contributed by atoms with Crippen molar-refractivity contribution in [2.24, 2.45) is 0 Å². The number of amides is 1. The molecule has 0 aliphatic carbocycles. The summed E-state index contributed by atoms with van der Waals surface area (Å²) in [5.41, 5.74) is 5.43. The van der Waals surface area contributed by atoms with E-state index in [0.29, 0.717) is 13.1 Å². The summed E-state index contributed by atoms with van der Waals surface area (Å²) in [7, 11) is 0. The second-order valence-corrected chi connectivity index (χ2v) is 8.01. The molecule has 0 N–H and O–H groups in total. The van der Waals surface area contributed by atoms with Crippen LogP contribution in [0.1, 0.15) is 12.5 Å². The minimum absolute atomic E-state index is 0.128. The molecule has 5 rings (SSSR count). The highest BCUT2D eigenvalue weighted by Gasteiger charge is 2.24. The lowest BCUT2D eigenvalue weighted by atomic mass is 10.1. The monoisotopic (exact) mass is 411 g/mol. The fourth-order valence-electron chi connectivity index (χ4n) is 4.33. The number of nitrogens with zero attached hydrogens (tertiary/aromatic N) is 5. The minimum Gasteiger partial charge on any atom is -0.352 e. The maximum Gasteiger partial charge on any atom is 0.219 e. The molecule has 31 heavy (non-hydrogen) atoms. The van der Waals surface area contributed by atoms with Crippen LogP contribution >= 0.6 is 0 Å². The normalized spacial score (nSPS) is 14.3. The minimum atomic E-state index is 0.128. The molecule has 6 heteroatoms. The quantitative estimate of drug-likeness (QED) is 0.510. The van der Waals surface area contributed by atoms with E-state index in [-0.39, 0.29) is 5.91 Å². The Labute approximate surface area is 181 Å². The van der Waals surface area contributed by atoms with Crippen LogP contribution < -0.4 is 4.90 Å². The van der Waals surface area contributed by atoms with E-state index in [0.717, 1.165) is 46.8 Å².